The zero-order chi connectivity index (χ0) is 19.6. The number of benzene rings is 3. The maximum Gasteiger partial charge on any atom is 0.119 e. The summed E-state index contributed by atoms with van der Waals surface area (Å²) in [6.07, 6.45) is 0.913. The molecule has 146 valence electrons. The van der Waals surface area contributed by atoms with Crippen LogP contribution in [0.3, 0.4) is 0 Å². The van der Waals surface area contributed by atoms with Crippen molar-refractivity contribution in [1.82, 2.24) is 5.32 Å². The second-order valence-corrected chi connectivity index (χ2v) is 6.98. The number of rotatable bonds is 10. The molecule has 1 N–H and O–H groups in total. The Morgan fingerprint density at radius 1 is 0.821 bits per heavy atom. The zero-order valence-electron chi connectivity index (χ0n) is 16.7. The van der Waals surface area contributed by atoms with E-state index < -0.39 is 0 Å². The van der Waals surface area contributed by atoms with Crippen LogP contribution in [0.2, 0.25) is 0 Å². The van der Waals surface area contributed by atoms with Gasteiger partial charge in [0.25, 0.3) is 0 Å². The molecule has 0 radical (unpaired) electrons. The third-order valence-electron chi connectivity index (χ3n) is 4.76. The van der Waals surface area contributed by atoms with Gasteiger partial charge in [0, 0.05) is 12.6 Å². The van der Waals surface area contributed by atoms with Crippen molar-refractivity contribution in [3.8, 4) is 5.75 Å². The van der Waals surface area contributed by atoms with E-state index in [1.54, 1.807) is 7.11 Å². The molecule has 1 unspecified atom stereocenters. The van der Waals surface area contributed by atoms with Gasteiger partial charge in [-0.1, -0.05) is 72.8 Å². The Bertz CT molecular complexity index is 781. The first-order valence-corrected chi connectivity index (χ1v) is 9.84. The van der Waals surface area contributed by atoms with Crippen LogP contribution in [0.1, 0.15) is 29.7 Å². The summed E-state index contributed by atoms with van der Waals surface area (Å²) in [6, 6.07) is 29.4. The zero-order valence-corrected chi connectivity index (χ0v) is 16.7. The van der Waals surface area contributed by atoms with Gasteiger partial charge in [-0.05, 0) is 42.2 Å². The van der Waals surface area contributed by atoms with Gasteiger partial charge in [0.1, 0.15) is 11.9 Å². The fourth-order valence-corrected chi connectivity index (χ4v) is 3.35. The van der Waals surface area contributed by atoms with E-state index in [-0.39, 0.29) is 6.10 Å². The molecule has 0 amide bonds. The van der Waals surface area contributed by atoms with E-state index in [9.17, 15) is 0 Å². The van der Waals surface area contributed by atoms with Crippen LogP contribution in [0.4, 0.5) is 0 Å². The van der Waals surface area contributed by atoms with Gasteiger partial charge < -0.3 is 14.8 Å². The molecule has 3 rings (SSSR count). The van der Waals surface area contributed by atoms with Crippen molar-refractivity contribution in [3.05, 3.63) is 102 Å². The fourth-order valence-electron chi connectivity index (χ4n) is 3.35. The molecule has 0 spiro atoms. The van der Waals surface area contributed by atoms with Crippen LogP contribution in [-0.4, -0.2) is 26.3 Å². The highest BCUT2D eigenvalue weighted by atomic mass is 16.5. The molecule has 3 aromatic rings. The molecule has 0 aromatic heterocycles. The predicted octanol–water partition coefficient (Wildman–Crippen LogP) is 5.02. The average molecular weight is 376 g/mol. The minimum absolute atomic E-state index is 0.0436. The average Bonchev–Trinajstić information content (AvgIpc) is 2.75. The molecule has 1 atom stereocenters. The Kier molecular flexibility index (Phi) is 7.65. The van der Waals surface area contributed by atoms with E-state index in [4.69, 9.17) is 9.47 Å². The van der Waals surface area contributed by atoms with Crippen LogP contribution in [0.25, 0.3) is 0 Å². The molecule has 0 fully saturated rings. The van der Waals surface area contributed by atoms with Crippen LogP contribution in [0.5, 0.6) is 5.75 Å². The van der Waals surface area contributed by atoms with Crippen molar-refractivity contribution in [1.29, 1.82) is 0 Å². The lowest BCUT2D eigenvalue weighted by atomic mass is 10.0. The van der Waals surface area contributed by atoms with Gasteiger partial charge in [-0.25, -0.2) is 0 Å². The molecule has 0 bridgehead atoms. The van der Waals surface area contributed by atoms with Crippen LogP contribution in [0.15, 0.2) is 84.9 Å². The van der Waals surface area contributed by atoms with Crippen molar-refractivity contribution in [2.45, 2.75) is 25.5 Å². The third kappa shape index (κ3) is 5.95. The van der Waals surface area contributed by atoms with Crippen molar-refractivity contribution in [3.63, 3.8) is 0 Å². The van der Waals surface area contributed by atoms with Gasteiger partial charge in [-0.15, -0.1) is 0 Å². The number of methoxy groups -OCH3 is 1. The first-order valence-electron chi connectivity index (χ1n) is 9.84. The van der Waals surface area contributed by atoms with Crippen LogP contribution in [-0.2, 0) is 11.2 Å². The van der Waals surface area contributed by atoms with Crippen LogP contribution < -0.4 is 10.1 Å². The van der Waals surface area contributed by atoms with E-state index in [0.717, 1.165) is 18.7 Å². The molecule has 3 nitrogen and oxygen atoms in total. The molecule has 3 heteroatoms. The molecule has 28 heavy (non-hydrogen) atoms. The highest BCUT2D eigenvalue weighted by Crippen LogP contribution is 2.25. The summed E-state index contributed by atoms with van der Waals surface area (Å²) in [5.74, 6) is 0.904. The topological polar surface area (TPSA) is 30.5 Å². The molecule has 0 aliphatic carbocycles. The van der Waals surface area contributed by atoms with Crippen molar-refractivity contribution < 1.29 is 9.47 Å². The Balaban J connectivity index is 1.51. The molecule has 0 aliphatic rings. The molecular formula is C25H29NO2. The van der Waals surface area contributed by atoms with Gasteiger partial charge in [0.05, 0.1) is 13.7 Å². The van der Waals surface area contributed by atoms with E-state index in [1.165, 1.54) is 16.7 Å². The Labute approximate surface area is 168 Å². The predicted molar refractivity (Wildman–Crippen MR) is 115 cm³/mol. The first kappa shape index (κ1) is 20.1. The van der Waals surface area contributed by atoms with Crippen LogP contribution >= 0.6 is 0 Å². The first-order chi connectivity index (χ1) is 13.8. The lowest BCUT2D eigenvalue weighted by Crippen LogP contribution is -2.31. The second-order valence-electron chi connectivity index (χ2n) is 6.98. The number of ether oxygens (including phenoxy) is 2. The molecular weight excluding hydrogens is 346 g/mol. The quantitative estimate of drug-likeness (QED) is 0.505. The van der Waals surface area contributed by atoms with E-state index in [1.807, 2.05) is 24.3 Å². The summed E-state index contributed by atoms with van der Waals surface area (Å²) in [6.45, 7) is 3.66. The molecule has 0 saturated carbocycles. The van der Waals surface area contributed by atoms with Crippen molar-refractivity contribution in [2.75, 3.05) is 20.3 Å². The van der Waals surface area contributed by atoms with Crippen molar-refractivity contribution >= 4 is 0 Å². The number of hydrogen-bond donors (Lipinski definition) is 1. The normalized spacial score (nSPS) is 12.1. The van der Waals surface area contributed by atoms with E-state index in [2.05, 4.69) is 72.9 Å². The smallest absolute Gasteiger partial charge is 0.119 e. The summed E-state index contributed by atoms with van der Waals surface area (Å²) in [7, 11) is 1.70. The highest BCUT2D eigenvalue weighted by Gasteiger charge is 2.14. The van der Waals surface area contributed by atoms with Gasteiger partial charge >= 0.3 is 0 Å². The second kappa shape index (κ2) is 10.6. The number of nitrogens with one attached hydrogen (secondary N) is 1. The maximum absolute atomic E-state index is 6.27. The Morgan fingerprint density at radius 2 is 1.46 bits per heavy atom. The summed E-state index contributed by atoms with van der Waals surface area (Å²) in [5.41, 5.74) is 3.63. The SMILES string of the molecule is COc1cccc(CC(C)NCCOC(c2ccccc2)c2ccccc2)c1. The van der Waals surface area contributed by atoms with Gasteiger partial charge in [0.15, 0.2) is 0 Å². The lowest BCUT2D eigenvalue weighted by molar-refractivity contribution is 0.0808. The van der Waals surface area contributed by atoms with Gasteiger partial charge in [-0.2, -0.15) is 0 Å². The summed E-state index contributed by atoms with van der Waals surface area (Å²) < 4.78 is 11.6. The highest BCUT2D eigenvalue weighted by molar-refractivity contribution is 5.30. The lowest BCUT2D eigenvalue weighted by Gasteiger charge is -2.20. The Morgan fingerprint density at radius 3 is 2.07 bits per heavy atom. The monoisotopic (exact) mass is 375 g/mol. The summed E-state index contributed by atoms with van der Waals surface area (Å²) >= 11 is 0. The minimum atomic E-state index is -0.0436. The van der Waals surface area contributed by atoms with Crippen molar-refractivity contribution in [2.24, 2.45) is 0 Å². The van der Waals surface area contributed by atoms with Gasteiger partial charge in [-0.3, -0.25) is 0 Å². The van der Waals surface area contributed by atoms with E-state index in [0.29, 0.717) is 12.6 Å². The Hall–Kier alpha value is -2.62. The van der Waals surface area contributed by atoms with Crippen LogP contribution in [0, 0.1) is 0 Å². The molecule has 0 aliphatic heterocycles. The minimum Gasteiger partial charge on any atom is -0.497 e. The fraction of sp³-hybridized carbons (Fsp3) is 0.280. The largest absolute Gasteiger partial charge is 0.497 e. The maximum atomic E-state index is 6.27. The summed E-state index contributed by atoms with van der Waals surface area (Å²) in [5, 5.41) is 3.56. The number of hydrogen-bond acceptors (Lipinski definition) is 3. The molecule has 0 heterocycles. The van der Waals surface area contributed by atoms with E-state index >= 15 is 0 Å². The third-order valence-corrected chi connectivity index (χ3v) is 4.76. The standard InChI is InChI=1S/C25H29NO2/c1-20(18-21-10-9-15-24(19-21)27-2)26-16-17-28-25(22-11-5-3-6-12-22)23-13-7-4-8-14-23/h3-15,19-20,25-26H,16-18H2,1-2H3. The summed E-state index contributed by atoms with van der Waals surface area (Å²) in [4.78, 5) is 0. The molecule has 0 saturated heterocycles. The molecule has 3 aromatic carbocycles. The van der Waals surface area contributed by atoms with Gasteiger partial charge in [0.2, 0.25) is 0 Å².